The summed E-state index contributed by atoms with van der Waals surface area (Å²) in [5.74, 6) is 0.531. The van der Waals surface area contributed by atoms with Gasteiger partial charge in [-0.15, -0.1) is 0 Å². The van der Waals surface area contributed by atoms with Crippen LogP contribution < -0.4 is 5.73 Å². The molecule has 0 aliphatic carbocycles. The van der Waals surface area contributed by atoms with Crippen LogP contribution in [0.1, 0.15) is 37.5 Å². The van der Waals surface area contributed by atoms with Crippen molar-refractivity contribution >= 4 is 5.82 Å². The number of rotatable bonds is 1. The Labute approximate surface area is 108 Å². The van der Waals surface area contributed by atoms with Crippen molar-refractivity contribution in [2.45, 2.75) is 40.0 Å². The minimum absolute atomic E-state index is 0.168. The van der Waals surface area contributed by atoms with E-state index in [1.165, 1.54) is 22.3 Å². The lowest BCUT2D eigenvalue weighted by molar-refractivity contribution is 0.589. The highest BCUT2D eigenvalue weighted by molar-refractivity contribution is 5.70. The van der Waals surface area contributed by atoms with E-state index >= 15 is 0 Å². The first-order chi connectivity index (χ1) is 8.29. The van der Waals surface area contributed by atoms with Gasteiger partial charge < -0.3 is 5.73 Å². The van der Waals surface area contributed by atoms with Crippen molar-refractivity contribution in [1.29, 1.82) is 0 Å². The molecule has 96 valence electrons. The zero-order valence-electron chi connectivity index (χ0n) is 11.8. The number of H-pyrrole nitrogens is 1. The maximum Gasteiger partial charge on any atom is 0.145 e. The second-order valence-corrected chi connectivity index (χ2v) is 5.94. The number of nitrogens with two attached hydrogens (primary N) is 1. The predicted octanol–water partition coefficient (Wildman–Crippen LogP) is 3.57. The SMILES string of the molecule is Cc1cc(C(C)(C)C)cc(C)c1-c1cc(N)n[nH]1. The van der Waals surface area contributed by atoms with E-state index in [1.54, 1.807) is 0 Å². The van der Waals surface area contributed by atoms with Crippen LogP contribution in [0, 0.1) is 13.8 Å². The number of benzene rings is 1. The zero-order valence-corrected chi connectivity index (χ0v) is 11.8. The maximum atomic E-state index is 5.67. The van der Waals surface area contributed by atoms with Crippen LogP contribution in [0.5, 0.6) is 0 Å². The van der Waals surface area contributed by atoms with Gasteiger partial charge in [0.2, 0.25) is 0 Å². The summed E-state index contributed by atoms with van der Waals surface area (Å²) in [6.07, 6.45) is 0. The molecule has 2 aromatic rings. The van der Waals surface area contributed by atoms with Crippen LogP contribution in [0.2, 0.25) is 0 Å². The van der Waals surface area contributed by atoms with E-state index in [0.29, 0.717) is 5.82 Å². The summed E-state index contributed by atoms with van der Waals surface area (Å²) >= 11 is 0. The Balaban J connectivity index is 2.58. The molecular formula is C15H21N3. The lowest BCUT2D eigenvalue weighted by atomic mass is 9.83. The van der Waals surface area contributed by atoms with Gasteiger partial charge in [0.25, 0.3) is 0 Å². The van der Waals surface area contributed by atoms with Gasteiger partial charge in [-0.25, -0.2) is 0 Å². The standard InChI is InChI=1S/C15H21N3/c1-9-6-11(15(3,4)5)7-10(2)14(9)12-8-13(16)18-17-12/h6-8H,1-5H3,(H3,16,17,18). The molecule has 2 rings (SSSR count). The number of hydrogen-bond acceptors (Lipinski definition) is 2. The molecule has 0 atom stereocenters. The third-order valence-corrected chi connectivity index (χ3v) is 3.27. The van der Waals surface area contributed by atoms with Gasteiger partial charge in [0.05, 0.1) is 5.69 Å². The van der Waals surface area contributed by atoms with Crippen LogP contribution in [-0.2, 0) is 5.41 Å². The monoisotopic (exact) mass is 243 g/mol. The van der Waals surface area contributed by atoms with Crippen molar-refractivity contribution in [3.05, 3.63) is 34.9 Å². The fraction of sp³-hybridized carbons (Fsp3) is 0.400. The Hall–Kier alpha value is -1.77. The van der Waals surface area contributed by atoms with Crippen LogP contribution in [0.4, 0.5) is 5.82 Å². The summed E-state index contributed by atoms with van der Waals surface area (Å²) in [6, 6.07) is 6.38. The van der Waals surface area contributed by atoms with E-state index in [9.17, 15) is 0 Å². The largest absolute Gasteiger partial charge is 0.382 e. The van der Waals surface area contributed by atoms with Crippen molar-refractivity contribution < 1.29 is 0 Å². The highest BCUT2D eigenvalue weighted by atomic mass is 15.2. The number of aromatic nitrogens is 2. The van der Waals surface area contributed by atoms with E-state index < -0.39 is 0 Å². The predicted molar refractivity (Wildman–Crippen MR) is 76.6 cm³/mol. The van der Waals surface area contributed by atoms with Gasteiger partial charge in [-0.2, -0.15) is 5.10 Å². The number of aromatic amines is 1. The zero-order chi connectivity index (χ0) is 13.5. The third-order valence-electron chi connectivity index (χ3n) is 3.27. The molecule has 0 unspecified atom stereocenters. The number of anilines is 1. The van der Waals surface area contributed by atoms with E-state index in [0.717, 1.165) is 5.69 Å². The Morgan fingerprint density at radius 1 is 1.06 bits per heavy atom. The minimum Gasteiger partial charge on any atom is -0.382 e. The van der Waals surface area contributed by atoms with E-state index in [2.05, 4.69) is 56.9 Å². The van der Waals surface area contributed by atoms with Crippen LogP contribution in [0.15, 0.2) is 18.2 Å². The fourth-order valence-electron chi connectivity index (χ4n) is 2.29. The second kappa shape index (κ2) is 4.16. The Bertz CT molecular complexity index is 551. The molecule has 0 spiro atoms. The highest BCUT2D eigenvalue weighted by Crippen LogP contribution is 2.32. The van der Waals surface area contributed by atoms with Crippen molar-refractivity contribution in [1.82, 2.24) is 10.2 Å². The van der Waals surface area contributed by atoms with Gasteiger partial charge >= 0.3 is 0 Å². The third kappa shape index (κ3) is 2.26. The van der Waals surface area contributed by atoms with E-state index in [4.69, 9.17) is 5.73 Å². The van der Waals surface area contributed by atoms with Gasteiger partial charge in [0.15, 0.2) is 0 Å². The second-order valence-electron chi connectivity index (χ2n) is 5.94. The summed E-state index contributed by atoms with van der Waals surface area (Å²) in [5.41, 5.74) is 11.9. The number of nitrogen functional groups attached to an aromatic ring is 1. The number of aryl methyl sites for hydroxylation is 2. The van der Waals surface area contributed by atoms with Gasteiger partial charge in [-0.3, -0.25) is 5.10 Å². The lowest BCUT2D eigenvalue weighted by Gasteiger charge is -2.22. The van der Waals surface area contributed by atoms with Gasteiger partial charge in [0, 0.05) is 11.6 Å². The molecular weight excluding hydrogens is 222 g/mol. The van der Waals surface area contributed by atoms with Crippen molar-refractivity contribution in [3.8, 4) is 11.3 Å². The molecule has 3 N–H and O–H groups in total. The summed E-state index contributed by atoms with van der Waals surface area (Å²) in [6.45, 7) is 11.0. The summed E-state index contributed by atoms with van der Waals surface area (Å²) in [5, 5.41) is 6.99. The van der Waals surface area contributed by atoms with Crippen LogP contribution in [0.3, 0.4) is 0 Å². The molecule has 0 radical (unpaired) electrons. The van der Waals surface area contributed by atoms with Gasteiger partial charge in [-0.05, 0) is 36.0 Å². The summed E-state index contributed by atoms with van der Waals surface area (Å²) in [7, 11) is 0. The van der Waals surface area contributed by atoms with Crippen molar-refractivity contribution in [2.75, 3.05) is 5.73 Å². The Morgan fingerprint density at radius 3 is 2.00 bits per heavy atom. The van der Waals surface area contributed by atoms with Crippen LogP contribution in [-0.4, -0.2) is 10.2 Å². The van der Waals surface area contributed by atoms with E-state index in [-0.39, 0.29) is 5.41 Å². The smallest absolute Gasteiger partial charge is 0.145 e. The number of nitrogens with zero attached hydrogens (tertiary/aromatic N) is 1. The Kier molecular flexibility index (Phi) is 2.93. The molecule has 0 saturated carbocycles. The molecule has 0 saturated heterocycles. The normalized spacial score (nSPS) is 11.8. The summed E-state index contributed by atoms with van der Waals surface area (Å²) in [4.78, 5) is 0. The molecule has 1 aromatic carbocycles. The van der Waals surface area contributed by atoms with Crippen molar-refractivity contribution in [3.63, 3.8) is 0 Å². The molecule has 1 aromatic heterocycles. The first-order valence-electron chi connectivity index (χ1n) is 6.22. The maximum absolute atomic E-state index is 5.67. The molecule has 3 heteroatoms. The first-order valence-corrected chi connectivity index (χ1v) is 6.22. The molecule has 18 heavy (non-hydrogen) atoms. The van der Waals surface area contributed by atoms with Crippen molar-refractivity contribution in [2.24, 2.45) is 0 Å². The average molecular weight is 243 g/mol. The molecule has 0 aliphatic rings. The van der Waals surface area contributed by atoms with Crippen LogP contribution in [0.25, 0.3) is 11.3 Å². The molecule has 3 nitrogen and oxygen atoms in total. The summed E-state index contributed by atoms with van der Waals surface area (Å²) < 4.78 is 0. The first kappa shape index (κ1) is 12.7. The topological polar surface area (TPSA) is 54.7 Å². The van der Waals surface area contributed by atoms with Gasteiger partial charge in [-0.1, -0.05) is 32.9 Å². The van der Waals surface area contributed by atoms with Gasteiger partial charge in [0.1, 0.15) is 5.82 Å². The minimum atomic E-state index is 0.168. The number of nitrogens with one attached hydrogen (secondary N) is 1. The van der Waals surface area contributed by atoms with E-state index in [1.807, 2.05) is 6.07 Å². The molecule has 1 heterocycles. The number of hydrogen-bond donors (Lipinski definition) is 2. The highest BCUT2D eigenvalue weighted by Gasteiger charge is 2.17. The lowest BCUT2D eigenvalue weighted by Crippen LogP contribution is -2.12. The molecule has 0 fully saturated rings. The van der Waals surface area contributed by atoms with Crippen LogP contribution >= 0.6 is 0 Å². The molecule has 0 aliphatic heterocycles. The molecule has 0 bridgehead atoms. The quantitative estimate of drug-likeness (QED) is 0.804. The fourth-order valence-corrected chi connectivity index (χ4v) is 2.29. The Morgan fingerprint density at radius 2 is 1.61 bits per heavy atom. The average Bonchev–Trinajstić information content (AvgIpc) is 2.62. The molecule has 0 amide bonds.